The number of hydrogen-bond acceptors (Lipinski definition) is 6. The van der Waals surface area contributed by atoms with Crippen LogP contribution < -0.4 is 10.1 Å². The summed E-state index contributed by atoms with van der Waals surface area (Å²) >= 11 is 0. The number of hydrogen-bond donors (Lipinski definition) is 1. The molecule has 0 saturated carbocycles. The molecular formula is C19H24N4O3. The first-order valence-electron chi connectivity index (χ1n) is 9.03. The standard InChI is InChI=1S/C19H24N4O3/c24-23(25)17-7-10-19(20-15-17)21-16-5-8-18(9-6-16)26-14-4-13-22-11-2-1-3-12-22/h5-10,15H,1-4,11-14H2,(H,20,21). The third-order valence-corrected chi connectivity index (χ3v) is 4.42. The molecule has 1 aromatic heterocycles. The Hall–Kier alpha value is -2.67. The van der Waals surface area contributed by atoms with Crippen LogP contribution in [0.4, 0.5) is 17.2 Å². The normalized spacial score (nSPS) is 14.8. The number of nitrogens with one attached hydrogen (secondary N) is 1. The molecule has 2 aromatic rings. The third-order valence-electron chi connectivity index (χ3n) is 4.42. The molecule has 7 nitrogen and oxygen atoms in total. The molecule has 0 aliphatic carbocycles. The summed E-state index contributed by atoms with van der Waals surface area (Å²) < 4.78 is 5.80. The van der Waals surface area contributed by atoms with Crippen LogP contribution in [0, 0.1) is 10.1 Å². The smallest absolute Gasteiger partial charge is 0.287 e. The van der Waals surface area contributed by atoms with Crippen molar-refractivity contribution in [1.29, 1.82) is 0 Å². The van der Waals surface area contributed by atoms with Crippen molar-refractivity contribution in [2.45, 2.75) is 25.7 Å². The van der Waals surface area contributed by atoms with Crippen LogP contribution in [0.15, 0.2) is 42.6 Å². The number of rotatable bonds is 8. The van der Waals surface area contributed by atoms with Gasteiger partial charge in [-0.1, -0.05) is 6.42 Å². The Labute approximate surface area is 153 Å². The van der Waals surface area contributed by atoms with Gasteiger partial charge in [0, 0.05) is 18.3 Å². The van der Waals surface area contributed by atoms with Gasteiger partial charge in [-0.2, -0.15) is 0 Å². The van der Waals surface area contributed by atoms with E-state index in [4.69, 9.17) is 4.74 Å². The average molecular weight is 356 g/mol. The minimum Gasteiger partial charge on any atom is -0.494 e. The summed E-state index contributed by atoms with van der Waals surface area (Å²) in [4.78, 5) is 16.7. The molecule has 1 fully saturated rings. The van der Waals surface area contributed by atoms with E-state index < -0.39 is 4.92 Å². The van der Waals surface area contributed by atoms with Gasteiger partial charge in [-0.15, -0.1) is 0 Å². The highest BCUT2D eigenvalue weighted by Crippen LogP contribution is 2.20. The monoisotopic (exact) mass is 356 g/mol. The molecule has 0 unspecified atom stereocenters. The number of piperidine rings is 1. The molecule has 0 atom stereocenters. The fourth-order valence-corrected chi connectivity index (χ4v) is 3.01. The molecule has 0 bridgehead atoms. The first-order valence-corrected chi connectivity index (χ1v) is 9.03. The van der Waals surface area contributed by atoms with Gasteiger partial charge >= 0.3 is 0 Å². The average Bonchev–Trinajstić information content (AvgIpc) is 2.68. The maximum Gasteiger partial charge on any atom is 0.287 e. The van der Waals surface area contributed by atoms with E-state index in [1.165, 1.54) is 44.6 Å². The number of aromatic nitrogens is 1. The van der Waals surface area contributed by atoms with Gasteiger partial charge in [-0.05, 0) is 62.7 Å². The van der Waals surface area contributed by atoms with E-state index in [2.05, 4.69) is 15.2 Å². The summed E-state index contributed by atoms with van der Waals surface area (Å²) in [6.45, 7) is 4.26. The summed E-state index contributed by atoms with van der Waals surface area (Å²) in [5.74, 6) is 1.40. The van der Waals surface area contributed by atoms with Gasteiger partial charge in [0.2, 0.25) is 0 Å². The van der Waals surface area contributed by atoms with Crippen LogP contribution in [-0.2, 0) is 0 Å². The van der Waals surface area contributed by atoms with E-state index in [9.17, 15) is 10.1 Å². The highest BCUT2D eigenvalue weighted by Gasteiger charge is 2.09. The van der Waals surface area contributed by atoms with Gasteiger partial charge in [0.1, 0.15) is 17.8 Å². The predicted molar refractivity (Wildman–Crippen MR) is 101 cm³/mol. The molecule has 26 heavy (non-hydrogen) atoms. The summed E-state index contributed by atoms with van der Waals surface area (Å²) in [7, 11) is 0. The molecule has 138 valence electrons. The van der Waals surface area contributed by atoms with Crippen LogP contribution in [-0.4, -0.2) is 41.0 Å². The molecule has 7 heteroatoms. The molecule has 1 aliphatic heterocycles. The number of likely N-dealkylation sites (tertiary alicyclic amines) is 1. The van der Waals surface area contributed by atoms with E-state index in [1.807, 2.05) is 24.3 Å². The summed E-state index contributed by atoms with van der Waals surface area (Å²) in [5, 5.41) is 13.7. The van der Waals surface area contributed by atoms with Crippen LogP contribution in [0.1, 0.15) is 25.7 Å². The molecule has 0 radical (unpaired) electrons. The highest BCUT2D eigenvalue weighted by molar-refractivity contribution is 5.57. The lowest BCUT2D eigenvalue weighted by Gasteiger charge is -2.26. The van der Waals surface area contributed by atoms with Gasteiger partial charge in [-0.25, -0.2) is 4.98 Å². The minimum absolute atomic E-state index is 0.0242. The topological polar surface area (TPSA) is 80.5 Å². The Morgan fingerprint density at radius 1 is 1.12 bits per heavy atom. The van der Waals surface area contributed by atoms with E-state index in [-0.39, 0.29) is 5.69 Å². The number of ether oxygens (including phenoxy) is 1. The van der Waals surface area contributed by atoms with Crippen LogP contribution >= 0.6 is 0 Å². The van der Waals surface area contributed by atoms with Crippen molar-refractivity contribution >= 4 is 17.2 Å². The first-order chi connectivity index (χ1) is 12.7. The lowest BCUT2D eigenvalue weighted by molar-refractivity contribution is -0.385. The quantitative estimate of drug-likeness (QED) is 0.438. The minimum atomic E-state index is -0.464. The maximum atomic E-state index is 10.6. The molecule has 1 N–H and O–H groups in total. The number of benzene rings is 1. The molecule has 1 aliphatic rings. The van der Waals surface area contributed by atoms with Crippen molar-refractivity contribution in [3.8, 4) is 5.75 Å². The fraction of sp³-hybridized carbons (Fsp3) is 0.421. The lowest BCUT2D eigenvalue weighted by Crippen LogP contribution is -2.31. The van der Waals surface area contributed by atoms with Crippen LogP contribution in [0.25, 0.3) is 0 Å². The summed E-state index contributed by atoms with van der Waals surface area (Å²) in [6.07, 6.45) is 6.27. The van der Waals surface area contributed by atoms with Gasteiger partial charge < -0.3 is 15.0 Å². The van der Waals surface area contributed by atoms with Gasteiger partial charge in [-0.3, -0.25) is 10.1 Å². The molecule has 1 aromatic carbocycles. The Kier molecular flexibility index (Phi) is 6.38. The van der Waals surface area contributed by atoms with E-state index >= 15 is 0 Å². The largest absolute Gasteiger partial charge is 0.494 e. The van der Waals surface area contributed by atoms with Crippen LogP contribution in [0.5, 0.6) is 5.75 Å². The van der Waals surface area contributed by atoms with Crippen LogP contribution in [0.3, 0.4) is 0 Å². The third kappa shape index (κ3) is 5.42. The van der Waals surface area contributed by atoms with Crippen molar-refractivity contribution in [2.75, 3.05) is 31.6 Å². The zero-order chi connectivity index (χ0) is 18.2. The molecule has 1 saturated heterocycles. The van der Waals surface area contributed by atoms with Crippen molar-refractivity contribution in [2.24, 2.45) is 0 Å². The SMILES string of the molecule is O=[N+]([O-])c1ccc(Nc2ccc(OCCCN3CCCCC3)cc2)nc1. The number of nitrogens with zero attached hydrogens (tertiary/aromatic N) is 3. The van der Waals surface area contributed by atoms with Crippen molar-refractivity contribution < 1.29 is 9.66 Å². The van der Waals surface area contributed by atoms with Gasteiger partial charge in [0.25, 0.3) is 5.69 Å². The maximum absolute atomic E-state index is 10.6. The predicted octanol–water partition coefficient (Wildman–Crippen LogP) is 3.99. The zero-order valence-corrected chi connectivity index (χ0v) is 14.8. The molecule has 3 rings (SSSR count). The van der Waals surface area contributed by atoms with E-state index in [0.717, 1.165) is 24.4 Å². The highest BCUT2D eigenvalue weighted by atomic mass is 16.6. The van der Waals surface area contributed by atoms with Crippen molar-refractivity contribution in [1.82, 2.24) is 9.88 Å². The Balaban J connectivity index is 1.42. The molecule has 0 spiro atoms. The summed E-state index contributed by atoms with van der Waals surface area (Å²) in [6, 6.07) is 10.6. The van der Waals surface area contributed by atoms with Crippen molar-refractivity contribution in [3.05, 3.63) is 52.7 Å². The number of anilines is 2. The second-order valence-corrected chi connectivity index (χ2v) is 6.41. The fourth-order valence-electron chi connectivity index (χ4n) is 3.01. The molecule has 0 amide bonds. The second-order valence-electron chi connectivity index (χ2n) is 6.41. The van der Waals surface area contributed by atoms with Crippen molar-refractivity contribution in [3.63, 3.8) is 0 Å². The van der Waals surface area contributed by atoms with Gasteiger partial charge in [0.15, 0.2) is 0 Å². The molecule has 2 heterocycles. The molecular weight excluding hydrogens is 332 g/mol. The Morgan fingerprint density at radius 3 is 2.54 bits per heavy atom. The Bertz CT molecular complexity index is 698. The number of nitro groups is 1. The Morgan fingerprint density at radius 2 is 1.88 bits per heavy atom. The van der Waals surface area contributed by atoms with Gasteiger partial charge in [0.05, 0.1) is 11.5 Å². The summed E-state index contributed by atoms with van der Waals surface area (Å²) in [5.41, 5.74) is 0.830. The second kappa shape index (κ2) is 9.15. The van der Waals surface area contributed by atoms with E-state index in [0.29, 0.717) is 12.4 Å². The van der Waals surface area contributed by atoms with E-state index in [1.54, 1.807) is 6.07 Å². The lowest BCUT2D eigenvalue weighted by atomic mass is 10.1. The number of pyridine rings is 1. The zero-order valence-electron chi connectivity index (χ0n) is 14.8. The van der Waals surface area contributed by atoms with Crippen LogP contribution in [0.2, 0.25) is 0 Å². The first kappa shape index (κ1) is 18.1.